The van der Waals surface area contributed by atoms with E-state index in [2.05, 4.69) is 5.92 Å². The first-order valence-electron chi connectivity index (χ1n) is 3.18. The van der Waals surface area contributed by atoms with E-state index in [4.69, 9.17) is 21.4 Å². The first-order chi connectivity index (χ1) is 4.77. The van der Waals surface area contributed by atoms with Crippen molar-refractivity contribution in [3.8, 4) is 12.3 Å². The molecule has 10 heavy (non-hydrogen) atoms. The van der Waals surface area contributed by atoms with Gasteiger partial charge in [0.05, 0.1) is 12.7 Å². The molecule has 1 rings (SSSR count). The molecule has 0 amide bonds. The Balaban J connectivity index is 2.46. The van der Waals surface area contributed by atoms with Crippen LogP contribution in [0, 0.1) is 12.3 Å². The molecule has 0 unspecified atom stereocenters. The Hall–Kier alpha value is -0.560. The fourth-order valence-corrected chi connectivity index (χ4v) is 1.00. The average molecular weight is 142 g/mol. The van der Waals surface area contributed by atoms with Crippen LogP contribution < -0.4 is 0 Å². The summed E-state index contributed by atoms with van der Waals surface area (Å²) in [5.41, 5.74) is 0. The number of terminal acetylenes is 1. The summed E-state index contributed by atoms with van der Waals surface area (Å²) in [6.07, 6.45) is 4.06. The number of ether oxygens (including phenoxy) is 1. The van der Waals surface area contributed by atoms with Crippen molar-refractivity contribution >= 4 is 0 Å². The third kappa shape index (κ3) is 1.29. The van der Waals surface area contributed by atoms with Gasteiger partial charge >= 0.3 is 0 Å². The van der Waals surface area contributed by atoms with Crippen LogP contribution in [0.25, 0.3) is 0 Å². The van der Waals surface area contributed by atoms with Crippen molar-refractivity contribution in [1.82, 2.24) is 0 Å². The van der Waals surface area contributed by atoms with Gasteiger partial charge in [-0.3, -0.25) is 0 Å². The van der Waals surface area contributed by atoms with E-state index in [1.165, 1.54) is 0 Å². The molecule has 2 N–H and O–H groups in total. The van der Waals surface area contributed by atoms with Crippen LogP contribution in [-0.2, 0) is 4.74 Å². The molecule has 0 aromatic heterocycles. The van der Waals surface area contributed by atoms with E-state index in [0.717, 1.165) is 0 Å². The molecule has 3 atom stereocenters. The molecular weight excluding hydrogens is 132 g/mol. The van der Waals surface area contributed by atoms with E-state index in [0.29, 0.717) is 6.42 Å². The van der Waals surface area contributed by atoms with Crippen LogP contribution in [0.1, 0.15) is 6.42 Å². The summed E-state index contributed by atoms with van der Waals surface area (Å²) >= 11 is 0. The summed E-state index contributed by atoms with van der Waals surface area (Å²) in [5, 5.41) is 17.7. The van der Waals surface area contributed by atoms with Gasteiger partial charge in [-0.05, 0) is 0 Å². The summed E-state index contributed by atoms with van der Waals surface area (Å²) in [7, 11) is 0. The lowest BCUT2D eigenvalue weighted by atomic mass is 10.1. The maximum atomic E-state index is 9.11. The maximum absolute atomic E-state index is 9.11. The van der Waals surface area contributed by atoms with Crippen molar-refractivity contribution in [1.29, 1.82) is 0 Å². The van der Waals surface area contributed by atoms with Gasteiger partial charge < -0.3 is 14.9 Å². The van der Waals surface area contributed by atoms with E-state index >= 15 is 0 Å². The lowest BCUT2D eigenvalue weighted by Gasteiger charge is -2.08. The predicted octanol–water partition coefficient (Wildman–Crippen LogP) is -0.870. The number of hydrogen-bond acceptors (Lipinski definition) is 3. The van der Waals surface area contributed by atoms with Gasteiger partial charge in [0.15, 0.2) is 0 Å². The summed E-state index contributed by atoms with van der Waals surface area (Å²) in [6.45, 7) is -0.167. The van der Waals surface area contributed by atoms with Gasteiger partial charge in [0.1, 0.15) is 12.2 Å². The topological polar surface area (TPSA) is 49.7 Å². The Morgan fingerprint density at radius 3 is 2.70 bits per heavy atom. The molecule has 1 saturated heterocycles. The molecule has 0 radical (unpaired) electrons. The maximum Gasteiger partial charge on any atom is 0.121 e. The second-order valence-electron chi connectivity index (χ2n) is 2.32. The first kappa shape index (κ1) is 7.55. The minimum Gasteiger partial charge on any atom is -0.394 e. The number of aliphatic hydroxyl groups is 2. The molecule has 3 heteroatoms. The number of hydrogen-bond donors (Lipinski definition) is 2. The molecule has 3 nitrogen and oxygen atoms in total. The molecular formula is C7H10O3. The molecule has 0 aliphatic carbocycles. The molecule has 1 aliphatic rings. The Labute approximate surface area is 59.6 Å². The van der Waals surface area contributed by atoms with Crippen molar-refractivity contribution < 1.29 is 14.9 Å². The molecule has 0 aromatic carbocycles. The standard InChI is InChI=1S/C7H10O3/c1-2-5-3-6(9)7(4-8)10-5/h1,5-9H,3-4H2/t5-,6-,7+/m0/s1. The molecule has 1 aliphatic heterocycles. The zero-order valence-electron chi connectivity index (χ0n) is 5.53. The van der Waals surface area contributed by atoms with Gasteiger partial charge in [0, 0.05) is 6.42 Å². The van der Waals surface area contributed by atoms with E-state index in [1.54, 1.807) is 0 Å². The van der Waals surface area contributed by atoms with E-state index in [1.807, 2.05) is 0 Å². The second kappa shape index (κ2) is 3.02. The molecule has 1 heterocycles. The smallest absolute Gasteiger partial charge is 0.121 e. The highest BCUT2D eigenvalue weighted by Gasteiger charge is 2.31. The lowest BCUT2D eigenvalue weighted by Crippen LogP contribution is -2.24. The van der Waals surface area contributed by atoms with Crippen LogP contribution in [0.5, 0.6) is 0 Å². The summed E-state index contributed by atoms with van der Waals surface area (Å²) < 4.78 is 5.04. The third-order valence-corrected chi connectivity index (χ3v) is 1.59. The van der Waals surface area contributed by atoms with Crippen molar-refractivity contribution in [2.75, 3.05) is 6.61 Å². The molecule has 0 aromatic rings. The van der Waals surface area contributed by atoms with Crippen molar-refractivity contribution in [3.63, 3.8) is 0 Å². The quantitative estimate of drug-likeness (QED) is 0.468. The molecule has 0 bridgehead atoms. The van der Waals surface area contributed by atoms with Gasteiger partial charge in [-0.1, -0.05) is 5.92 Å². The zero-order chi connectivity index (χ0) is 7.56. The zero-order valence-corrected chi connectivity index (χ0v) is 5.53. The Kier molecular flexibility index (Phi) is 2.28. The van der Waals surface area contributed by atoms with Crippen LogP contribution >= 0.6 is 0 Å². The minimum absolute atomic E-state index is 0.167. The number of rotatable bonds is 1. The summed E-state index contributed by atoms with van der Waals surface area (Å²) in [5.74, 6) is 2.37. The Morgan fingerprint density at radius 2 is 2.40 bits per heavy atom. The summed E-state index contributed by atoms with van der Waals surface area (Å²) in [4.78, 5) is 0. The Bertz CT molecular complexity index is 149. The molecule has 0 spiro atoms. The van der Waals surface area contributed by atoms with E-state index in [9.17, 15) is 0 Å². The highest BCUT2D eigenvalue weighted by Crippen LogP contribution is 2.18. The van der Waals surface area contributed by atoms with Gasteiger partial charge in [0.25, 0.3) is 0 Å². The van der Waals surface area contributed by atoms with Crippen LogP contribution in [0.4, 0.5) is 0 Å². The van der Waals surface area contributed by atoms with Gasteiger partial charge in [-0.2, -0.15) is 0 Å². The monoisotopic (exact) mass is 142 g/mol. The second-order valence-corrected chi connectivity index (χ2v) is 2.32. The third-order valence-electron chi connectivity index (χ3n) is 1.59. The first-order valence-corrected chi connectivity index (χ1v) is 3.18. The van der Waals surface area contributed by atoms with E-state index in [-0.39, 0.29) is 12.7 Å². The SMILES string of the molecule is C#C[C@H]1C[C@H](O)[C@@H](CO)O1. The van der Waals surface area contributed by atoms with Crippen LogP contribution in [0.3, 0.4) is 0 Å². The van der Waals surface area contributed by atoms with Crippen molar-refractivity contribution in [2.45, 2.75) is 24.7 Å². The molecule has 1 fully saturated rings. The van der Waals surface area contributed by atoms with Crippen LogP contribution in [-0.4, -0.2) is 35.1 Å². The molecule has 0 saturated carbocycles. The van der Waals surface area contributed by atoms with Crippen molar-refractivity contribution in [2.24, 2.45) is 0 Å². The fraction of sp³-hybridized carbons (Fsp3) is 0.714. The Morgan fingerprint density at radius 1 is 1.70 bits per heavy atom. The van der Waals surface area contributed by atoms with Gasteiger partial charge in [-0.25, -0.2) is 0 Å². The predicted molar refractivity (Wildman–Crippen MR) is 35.2 cm³/mol. The fourth-order valence-electron chi connectivity index (χ4n) is 1.00. The van der Waals surface area contributed by atoms with E-state index < -0.39 is 12.2 Å². The van der Waals surface area contributed by atoms with Crippen LogP contribution in [0.2, 0.25) is 0 Å². The molecule has 56 valence electrons. The van der Waals surface area contributed by atoms with Crippen LogP contribution in [0.15, 0.2) is 0 Å². The summed E-state index contributed by atoms with van der Waals surface area (Å²) in [6, 6.07) is 0. The highest BCUT2D eigenvalue weighted by molar-refractivity contribution is 5.00. The average Bonchev–Trinajstić information content (AvgIpc) is 2.30. The largest absolute Gasteiger partial charge is 0.394 e. The van der Waals surface area contributed by atoms with Gasteiger partial charge in [0.2, 0.25) is 0 Å². The minimum atomic E-state index is -0.606. The highest BCUT2D eigenvalue weighted by atomic mass is 16.5. The lowest BCUT2D eigenvalue weighted by molar-refractivity contribution is -0.00866. The van der Waals surface area contributed by atoms with Gasteiger partial charge in [-0.15, -0.1) is 6.42 Å². The normalized spacial score (nSPS) is 39.5. The van der Waals surface area contributed by atoms with Crippen molar-refractivity contribution in [3.05, 3.63) is 0 Å². The number of aliphatic hydroxyl groups excluding tert-OH is 2.